The van der Waals surface area contributed by atoms with Gasteiger partial charge in [-0.3, -0.25) is 0 Å². The van der Waals surface area contributed by atoms with Gasteiger partial charge in [0.05, 0.1) is 6.61 Å². The zero-order chi connectivity index (χ0) is 15.8. The van der Waals surface area contributed by atoms with E-state index in [2.05, 4.69) is 0 Å². The highest BCUT2D eigenvalue weighted by Gasteiger charge is 2.12. The van der Waals surface area contributed by atoms with Crippen LogP contribution in [0.1, 0.15) is 50.5 Å². The number of phenols is 2. The van der Waals surface area contributed by atoms with Crippen molar-refractivity contribution in [2.24, 2.45) is 5.92 Å². The first-order valence-corrected chi connectivity index (χ1v) is 8.02. The van der Waals surface area contributed by atoms with Crippen molar-refractivity contribution in [2.75, 3.05) is 6.61 Å². The molecule has 0 unspecified atom stereocenters. The molecule has 1 aliphatic carbocycles. The largest absolute Gasteiger partial charge is 0.504 e. The van der Waals surface area contributed by atoms with Crippen molar-refractivity contribution in [2.45, 2.75) is 44.9 Å². The van der Waals surface area contributed by atoms with Crippen LogP contribution in [0.25, 0.3) is 6.08 Å². The Hall–Kier alpha value is -1.97. The molecule has 4 nitrogen and oxygen atoms in total. The van der Waals surface area contributed by atoms with Crippen molar-refractivity contribution in [1.82, 2.24) is 0 Å². The number of esters is 1. The van der Waals surface area contributed by atoms with Crippen molar-refractivity contribution in [3.8, 4) is 11.5 Å². The summed E-state index contributed by atoms with van der Waals surface area (Å²) in [5, 5.41) is 18.6. The fourth-order valence-corrected chi connectivity index (χ4v) is 2.88. The van der Waals surface area contributed by atoms with E-state index in [1.54, 1.807) is 12.1 Å². The summed E-state index contributed by atoms with van der Waals surface area (Å²) >= 11 is 0. The number of hydrogen-bond acceptors (Lipinski definition) is 4. The Bertz CT molecular complexity index is 516. The minimum atomic E-state index is -0.379. The minimum Gasteiger partial charge on any atom is -0.504 e. The lowest BCUT2D eigenvalue weighted by atomic mass is 9.86. The summed E-state index contributed by atoms with van der Waals surface area (Å²) in [5.41, 5.74) is 0.634. The van der Waals surface area contributed by atoms with E-state index in [9.17, 15) is 15.0 Å². The lowest BCUT2D eigenvalue weighted by molar-refractivity contribution is -0.137. The van der Waals surface area contributed by atoms with Crippen LogP contribution in [0.15, 0.2) is 24.3 Å². The molecule has 0 bridgehead atoms. The van der Waals surface area contributed by atoms with Crippen molar-refractivity contribution in [1.29, 1.82) is 0 Å². The van der Waals surface area contributed by atoms with Crippen LogP contribution >= 0.6 is 0 Å². The normalized spacial score (nSPS) is 16.0. The van der Waals surface area contributed by atoms with Gasteiger partial charge in [0.25, 0.3) is 0 Å². The molecule has 0 amide bonds. The van der Waals surface area contributed by atoms with Gasteiger partial charge < -0.3 is 14.9 Å². The predicted molar refractivity (Wildman–Crippen MR) is 85.6 cm³/mol. The molecule has 22 heavy (non-hydrogen) atoms. The number of aromatic hydroxyl groups is 2. The SMILES string of the molecule is O=C(/C=C/c1ccc(O)c(O)c1)OCCCC1CCCCC1. The topological polar surface area (TPSA) is 66.8 Å². The molecule has 0 heterocycles. The Kier molecular flexibility index (Phi) is 6.31. The van der Waals surface area contributed by atoms with Crippen LogP contribution in [0.3, 0.4) is 0 Å². The van der Waals surface area contributed by atoms with Crippen LogP contribution in [0, 0.1) is 5.92 Å². The minimum absolute atomic E-state index is 0.178. The third-order valence-electron chi connectivity index (χ3n) is 4.14. The van der Waals surface area contributed by atoms with Crippen LogP contribution in [0.4, 0.5) is 0 Å². The molecule has 0 aliphatic heterocycles. The molecule has 0 radical (unpaired) electrons. The Morgan fingerprint density at radius 1 is 1.18 bits per heavy atom. The van der Waals surface area contributed by atoms with Gasteiger partial charge in [-0.15, -0.1) is 0 Å². The molecule has 2 rings (SSSR count). The maximum absolute atomic E-state index is 11.6. The van der Waals surface area contributed by atoms with Crippen LogP contribution in [0.2, 0.25) is 0 Å². The van der Waals surface area contributed by atoms with Gasteiger partial charge in [-0.2, -0.15) is 0 Å². The van der Waals surface area contributed by atoms with E-state index >= 15 is 0 Å². The number of phenolic OH excluding ortho intramolecular Hbond substituents is 2. The molecule has 0 aromatic heterocycles. The summed E-state index contributed by atoms with van der Waals surface area (Å²) in [5.74, 6) is 0.0459. The zero-order valence-electron chi connectivity index (χ0n) is 12.8. The molecule has 120 valence electrons. The van der Waals surface area contributed by atoms with Gasteiger partial charge >= 0.3 is 5.97 Å². The smallest absolute Gasteiger partial charge is 0.330 e. The second-order valence-electron chi connectivity index (χ2n) is 5.90. The van der Waals surface area contributed by atoms with Gasteiger partial charge in [0.1, 0.15) is 0 Å². The summed E-state index contributed by atoms with van der Waals surface area (Å²) < 4.78 is 5.17. The molecule has 1 saturated carbocycles. The highest BCUT2D eigenvalue weighted by Crippen LogP contribution is 2.27. The van der Waals surface area contributed by atoms with Crippen LogP contribution in [-0.4, -0.2) is 22.8 Å². The van der Waals surface area contributed by atoms with Crippen molar-refractivity contribution in [3.05, 3.63) is 29.8 Å². The number of hydrogen-bond donors (Lipinski definition) is 2. The summed E-state index contributed by atoms with van der Waals surface area (Å²) in [6.45, 7) is 0.459. The monoisotopic (exact) mass is 304 g/mol. The van der Waals surface area contributed by atoms with Crippen molar-refractivity contribution < 1.29 is 19.7 Å². The second-order valence-corrected chi connectivity index (χ2v) is 5.90. The molecular formula is C18H24O4. The number of rotatable bonds is 6. The van der Waals surface area contributed by atoms with Gasteiger partial charge in [0.2, 0.25) is 0 Å². The van der Waals surface area contributed by atoms with Gasteiger partial charge in [-0.25, -0.2) is 4.79 Å². The second kappa shape index (κ2) is 8.47. The van der Waals surface area contributed by atoms with Crippen LogP contribution < -0.4 is 0 Å². The fourth-order valence-electron chi connectivity index (χ4n) is 2.88. The highest BCUT2D eigenvalue weighted by atomic mass is 16.5. The van der Waals surface area contributed by atoms with E-state index in [1.165, 1.54) is 50.3 Å². The molecule has 2 N–H and O–H groups in total. The van der Waals surface area contributed by atoms with E-state index in [0.29, 0.717) is 12.2 Å². The Morgan fingerprint density at radius 2 is 1.95 bits per heavy atom. The molecule has 4 heteroatoms. The number of ether oxygens (including phenoxy) is 1. The average molecular weight is 304 g/mol. The Balaban J connectivity index is 1.66. The molecule has 0 spiro atoms. The first-order valence-electron chi connectivity index (χ1n) is 8.02. The van der Waals surface area contributed by atoms with Gasteiger partial charge in [-0.1, -0.05) is 38.2 Å². The van der Waals surface area contributed by atoms with Crippen LogP contribution in [-0.2, 0) is 9.53 Å². The van der Waals surface area contributed by atoms with E-state index in [1.807, 2.05) is 0 Å². The van der Waals surface area contributed by atoms with E-state index in [4.69, 9.17) is 4.74 Å². The van der Waals surface area contributed by atoms with E-state index in [0.717, 1.165) is 18.8 Å². The summed E-state index contributed by atoms with van der Waals surface area (Å²) in [6, 6.07) is 4.38. The third-order valence-corrected chi connectivity index (χ3v) is 4.14. The first-order chi connectivity index (χ1) is 10.6. The molecule has 1 aliphatic rings. The lowest BCUT2D eigenvalue weighted by Gasteiger charge is -2.21. The standard InChI is InChI=1S/C18H24O4/c19-16-10-8-15(13-17(16)20)9-11-18(21)22-12-4-7-14-5-2-1-3-6-14/h8-11,13-14,19-20H,1-7,12H2/b11-9+. The third kappa shape index (κ3) is 5.43. The molecular weight excluding hydrogens is 280 g/mol. The quantitative estimate of drug-likeness (QED) is 0.360. The summed E-state index contributed by atoms with van der Waals surface area (Å²) in [7, 11) is 0. The highest BCUT2D eigenvalue weighted by molar-refractivity contribution is 5.87. The fraction of sp³-hybridized carbons (Fsp3) is 0.500. The van der Waals surface area contributed by atoms with Gasteiger partial charge in [0.15, 0.2) is 11.5 Å². The molecule has 0 atom stereocenters. The predicted octanol–water partition coefficient (Wildman–Crippen LogP) is 4.01. The summed E-state index contributed by atoms with van der Waals surface area (Å²) in [6.07, 6.45) is 11.6. The van der Waals surface area contributed by atoms with Crippen LogP contribution in [0.5, 0.6) is 11.5 Å². The van der Waals surface area contributed by atoms with E-state index in [-0.39, 0.29) is 17.5 Å². The average Bonchev–Trinajstić information content (AvgIpc) is 2.54. The maximum atomic E-state index is 11.6. The number of benzene rings is 1. The Morgan fingerprint density at radius 3 is 2.68 bits per heavy atom. The van der Waals surface area contributed by atoms with E-state index < -0.39 is 0 Å². The first kappa shape index (κ1) is 16.4. The molecule has 1 aromatic rings. The zero-order valence-corrected chi connectivity index (χ0v) is 12.8. The molecule has 1 aromatic carbocycles. The molecule has 0 saturated heterocycles. The lowest BCUT2D eigenvalue weighted by Crippen LogP contribution is -2.08. The van der Waals surface area contributed by atoms with Crippen molar-refractivity contribution >= 4 is 12.0 Å². The Labute approximate surface area is 131 Å². The maximum Gasteiger partial charge on any atom is 0.330 e. The number of carbonyl (C=O) groups is 1. The van der Waals surface area contributed by atoms with Gasteiger partial charge in [-0.05, 0) is 42.5 Å². The van der Waals surface area contributed by atoms with Crippen molar-refractivity contribution in [3.63, 3.8) is 0 Å². The summed E-state index contributed by atoms with van der Waals surface area (Å²) in [4.78, 5) is 11.6. The number of carbonyl (C=O) groups excluding carboxylic acids is 1. The van der Waals surface area contributed by atoms with Gasteiger partial charge in [0, 0.05) is 6.08 Å². The molecule has 1 fully saturated rings.